The van der Waals surface area contributed by atoms with Crippen molar-refractivity contribution < 1.29 is 24.0 Å². The molecule has 4 aliphatic rings. The van der Waals surface area contributed by atoms with E-state index in [0.717, 1.165) is 4.90 Å². The van der Waals surface area contributed by atoms with Crippen LogP contribution in [0.3, 0.4) is 0 Å². The molecule has 34 heavy (non-hydrogen) atoms. The van der Waals surface area contributed by atoms with Crippen LogP contribution in [-0.4, -0.2) is 29.8 Å². The van der Waals surface area contributed by atoms with E-state index in [9.17, 15) is 24.5 Å². The Kier molecular flexibility index (Phi) is 4.08. The number of esters is 1. The highest BCUT2D eigenvalue weighted by Gasteiger charge is 2.74. The molecule has 3 aliphatic carbocycles. The number of carbonyl (C=O) groups excluding carboxylic acids is 3. The minimum Gasteiger partial charge on any atom is -0.465 e. The highest BCUT2D eigenvalue weighted by Crippen LogP contribution is 2.64. The van der Waals surface area contributed by atoms with Gasteiger partial charge in [0.2, 0.25) is 11.8 Å². The van der Waals surface area contributed by atoms with Gasteiger partial charge >= 0.3 is 5.97 Å². The van der Waals surface area contributed by atoms with Crippen molar-refractivity contribution in [3.8, 4) is 0 Å². The summed E-state index contributed by atoms with van der Waals surface area (Å²) >= 11 is 0. The zero-order valence-electron chi connectivity index (χ0n) is 18.0. The maximum absolute atomic E-state index is 13.9. The molecule has 0 aromatic heterocycles. The molecule has 7 rings (SSSR count). The van der Waals surface area contributed by atoms with E-state index in [0.29, 0.717) is 22.3 Å². The zero-order chi connectivity index (χ0) is 23.8. The number of hydrogen-bond donors (Lipinski definition) is 0. The van der Waals surface area contributed by atoms with Crippen LogP contribution in [-0.2, 0) is 19.9 Å². The molecule has 0 unspecified atom stereocenters. The van der Waals surface area contributed by atoms with Crippen molar-refractivity contribution in [3.05, 3.63) is 111 Å². The quantitative estimate of drug-likeness (QED) is 0.260. The van der Waals surface area contributed by atoms with Crippen LogP contribution < -0.4 is 4.90 Å². The van der Waals surface area contributed by atoms with E-state index in [1.165, 1.54) is 31.4 Å². The molecule has 1 saturated heterocycles. The number of benzene rings is 3. The van der Waals surface area contributed by atoms with E-state index in [4.69, 9.17) is 4.74 Å². The van der Waals surface area contributed by atoms with E-state index in [2.05, 4.69) is 0 Å². The molecule has 1 aliphatic heterocycles. The van der Waals surface area contributed by atoms with Gasteiger partial charge in [-0.25, -0.2) is 9.69 Å². The summed E-state index contributed by atoms with van der Waals surface area (Å²) in [5.74, 6) is -4.16. The number of imide groups is 1. The van der Waals surface area contributed by atoms with Crippen LogP contribution in [0.25, 0.3) is 0 Å². The maximum atomic E-state index is 13.9. The number of ether oxygens (including phenoxy) is 1. The largest absolute Gasteiger partial charge is 0.465 e. The van der Waals surface area contributed by atoms with Gasteiger partial charge in [-0.3, -0.25) is 19.7 Å². The fourth-order valence-corrected chi connectivity index (χ4v) is 6.16. The number of nitro groups is 1. The summed E-state index contributed by atoms with van der Waals surface area (Å²) in [4.78, 5) is 53.0. The molecule has 0 spiro atoms. The van der Waals surface area contributed by atoms with Crippen LogP contribution in [0.4, 0.5) is 5.69 Å². The SMILES string of the molecule is COC(=O)c1ccc(N2C(=O)[C@@H]3C4c5ccccc5C([N+](=O)[O-])(c5ccccc54)[C@@H]3C2=O)cc1. The number of hydrogen-bond acceptors (Lipinski definition) is 6. The van der Waals surface area contributed by atoms with E-state index >= 15 is 0 Å². The van der Waals surface area contributed by atoms with Crippen molar-refractivity contribution in [1.29, 1.82) is 0 Å². The van der Waals surface area contributed by atoms with Crippen molar-refractivity contribution in [2.24, 2.45) is 11.8 Å². The van der Waals surface area contributed by atoms with Crippen LogP contribution >= 0.6 is 0 Å². The molecule has 1 heterocycles. The number of rotatable bonds is 3. The molecule has 2 atom stereocenters. The van der Waals surface area contributed by atoms with Crippen LogP contribution in [0.1, 0.15) is 38.5 Å². The molecule has 168 valence electrons. The average molecular weight is 454 g/mol. The molecular weight excluding hydrogens is 436 g/mol. The van der Waals surface area contributed by atoms with Gasteiger partial charge in [0.1, 0.15) is 5.92 Å². The normalized spacial score (nSPS) is 26.0. The lowest BCUT2D eigenvalue weighted by molar-refractivity contribution is -0.578. The van der Waals surface area contributed by atoms with Crippen LogP contribution in [0.2, 0.25) is 0 Å². The zero-order valence-corrected chi connectivity index (χ0v) is 18.0. The van der Waals surface area contributed by atoms with Gasteiger partial charge in [-0.1, -0.05) is 48.5 Å². The Bertz CT molecular complexity index is 1370. The van der Waals surface area contributed by atoms with Gasteiger partial charge in [0.15, 0.2) is 0 Å². The summed E-state index contributed by atoms with van der Waals surface area (Å²) in [5.41, 5.74) is 1.03. The first-order chi connectivity index (χ1) is 16.4. The standard InChI is InChI=1S/C26H18N2O6/c1-34-25(31)14-10-12-15(13-11-14)27-23(29)21-20-16-6-2-4-8-18(16)26(28(32)33,22(21)24(27)30)19-9-5-3-7-17(19)20/h2-13,20-22H,1H3/t20?,21-,22+,26?/m1/s1. The Balaban J connectivity index is 1.57. The van der Waals surface area contributed by atoms with E-state index in [-0.39, 0.29) is 11.3 Å². The second-order valence-corrected chi connectivity index (χ2v) is 8.73. The molecule has 8 heteroatoms. The molecule has 1 fully saturated rings. The summed E-state index contributed by atoms with van der Waals surface area (Å²) in [7, 11) is 1.26. The van der Waals surface area contributed by atoms with Gasteiger partial charge in [-0.2, -0.15) is 0 Å². The van der Waals surface area contributed by atoms with Crippen molar-refractivity contribution >= 4 is 23.5 Å². The minimum atomic E-state index is -1.86. The highest BCUT2D eigenvalue weighted by atomic mass is 16.6. The van der Waals surface area contributed by atoms with Gasteiger partial charge in [0, 0.05) is 22.0 Å². The molecule has 3 aromatic carbocycles. The first-order valence-electron chi connectivity index (χ1n) is 10.8. The molecule has 2 bridgehead atoms. The lowest BCUT2D eigenvalue weighted by Crippen LogP contribution is -2.57. The van der Waals surface area contributed by atoms with Crippen LogP contribution in [0.5, 0.6) is 0 Å². The van der Waals surface area contributed by atoms with E-state index in [1.54, 1.807) is 36.4 Å². The Labute approximate surface area is 193 Å². The average Bonchev–Trinajstić information content (AvgIpc) is 3.14. The predicted octanol–water partition coefficient (Wildman–Crippen LogP) is 3.26. The van der Waals surface area contributed by atoms with Gasteiger partial charge in [0.25, 0.3) is 5.54 Å². The van der Waals surface area contributed by atoms with E-state index in [1.807, 2.05) is 12.1 Å². The Morgan fingerprint density at radius 2 is 1.47 bits per heavy atom. The summed E-state index contributed by atoms with van der Waals surface area (Å²) in [6.07, 6.45) is 0. The summed E-state index contributed by atoms with van der Waals surface area (Å²) in [6, 6.07) is 20.0. The molecule has 0 N–H and O–H groups in total. The van der Waals surface area contributed by atoms with Crippen LogP contribution in [0.15, 0.2) is 72.8 Å². The van der Waals surface area contributed by atoms with E-state index < -0.39 is 46.0 Å². The molecule has 2 amide bonds. The third kappa shape index (κ3) is 2.24. The topological polar surface area (TPSA) is 107 Å². The van der Waals surface area contributed by atoms with Gasteiger partial charge < -0.3 is 4.74 Å². The number of amides is 2. The van der Waals surface area contributed by atoms with Crippen molar-refractivity contribution in [1.82, 2.24) is 0 Å². The molecule has 3 aromatic rings. The molecular formula is C26H18N2O6. The summed E-state index contributed by atoms with van der Waals surface area (Å²) < 4.78 is 4.71. The Morgan fingerprint density at radius 3 is 2.00 bits per heavy atom. The smallest absolute Gasteiger partial charge is 0.337 e. The Hall–Kier alpha value is -4.33. The third-order valence-electron chi connectivity index (χ3n) is 7.41. The lowest BCUT2D eigenvalue weighted by atomic mass is 9.51. The number of anilines is 1. The number of methoxy groups -OCH3 is 1. The maximum Gasteiger partial charge on any atom is 0.337 e. The summed E-state index contributed by atoms with van der Waals surface area (Å²) in [5, 5.41) is 12.9. The van der Waals surface area contributed by atoms with Crippen LogP contribution in [0, 0.1) is 22.0 Å². The number of carbonyl (C=O) groups is 3. The van der Waals surface area contributed by atoms with Gasteiger partial charge in [-0.05, 0) is 35.4 Å². The van der Waals surface area contributed by atoms with Crippen molar-refractivity contribution in [3.63, 3.8) is 0 Å². The number of nitrogens with zero attached hydrogens (tertiary/aromatic N) is 2. The predicted molar refractivity (Wildman–Crippen MR) is 120 cm³/mol. The third-order valence-corrected chi connectivity index (χ3v) is 7.41. The fraction of sp³-hybridized carbons (Fsp3) is 0.192. The van der Waals surface area contributed by atoms with Gasteiger partial charge in [0.05, 0.1) is 24.3 Å². The molecule has 8 nitrogen and oxygen atoms in total. The second kappa shape index (κ2) is 6.84. The molecule has 0 radical (unpaired) electrons. The molecule has 0 saturated carbocycles. The van der Waals surface area contributed by atoms with Crippen molar-refractivity contribution in [2.75, 3.05) is 12.0 Å². The second-order valence-electron chi connectivity index (χ2n) is 8.73. The van der Waals surface area contributed by atoms with Gasteiger partial charge in [-0.15, -0.1) is 0 Å². The highest BCUT2D eigenvalue weighted by molar-refractivity contribution is 6.23. The first-order valence-corrected chi connectivity index (χ1v) is 10.8. The fourth-order valence-electron chi connectivity index (χ4n) is 6.16. The monoisotopic (exact) mass is 454 g/mol. The first kappa shape index (κ1) is 20.3. The Morgan fingerprint density at radius 1 is 0.912 bits per heavy atom. The minimum absolute atomic E-state index is 0.267. The lowest BCUT2D eigenvalue weighted by Gasteiger charge is -2.48. The summed E-state index contributed by atoms with van der Waals surface area (Å²) in [6.45, 7) is 0. The van der Waals surface area contributed by atoms with Crippen molar-refractivity contribution in [2.45, 2.75) is 11.5 Å².